The molecule has 6 nitrogen and oxygen atoms in total. The summed E-state index contributed by atoms with van der Waals surface area (Å²) in [4.78, 5) is 22.2. The van der Waals surface area contributed by atoms with Crippen LogP contribution < -0.4 is 0 Å². The zero-order valence-electron chi connectivity index (χ0n) is 9.80. The van der Waals surface area contributed by atoms with E-state index < -0.39 is 35.7 Å². The fraction of sp³-hybridized carbons (Fsp3) is 0.800. The lowest BCUT2D eigenvalue weighted by Gasteiger charge is -2.32. The summed E-state index contributed by atoms with van der Waals surface area (Å²) in [5.74, 6) is -3.59. The largest absolute Gasteiger partial charge is 0.479 e. The maximum atomic E-state index is 11.6. The van der Waals surface area contributed by atoms with E-state index in [1.54, 1.807) is 13.8 Å². The van der Waals surface area contributed by atoms with Gasteiger partial charge in [0.15, 0.2) is 6.10 Å². The van der Waals surface area contributed by atoms with Crippen LogP contribution in [0, 0.1) is 5.92 Å². The molecule has 0 amide bonds. The normalized spacial score (nSPS) is 17.0. The first kappa shape index (κ1) is 14.9. The Kier molecular flexibility index (Phi) is 4.89. The fourth-order valence-electron chi connectivity index (χ4n) is 1.16. The molecule has 0 saturated heterocycles. The molecule has 0 bridgehead atoms. The lowest BCUT2D eigenvalue weighted by molar-refractivity contribution is -0.197. The zero-order chi connectivity index (χ0) is 13.1. The van der Waals surface area contributed by atoms with E-state index in [9.17, 15) is 19.8 Å². The standard InChI is InChI=1S/C10H18O6/c1-5(2)10(15,7(11)8(12)13)9(14)16-6(3)4/h5-7,11,15H,1-4H3,(H,12,13). The lowest BCUT2D eigenvalue weighted by Crippen LogP contribution is -2.58. The SMILES string of the molecule is CC(C)OC(=O)C(O)(C(C)C)C(O)C(=O)O. The van der Waals surface area contributed by atoms with Crippen molar-refractivity contribution in [3.63, 3.8) is 0 Å². The average Bonchev–Trinajstić information content (AvgIpc) is 2.13. The van der Waals surface area contributed by atoms with Crippen LogP contribution in [0.4, 0.5) is 0 Å². The van der Waals surface area contributed by atoms with Crippen molar-refractivity contribution < 1.29 is 29.6 Å². The van der Waals surface area contributed by atoms with Crippen molar-refractivity contribution in [2.24, 2.45) is 5.92 Å². The molecule has 0 aliphatic carbocycles. The molecular formula is C10H18O6. The second-order valence-corrected chi connectivity index (χ2v) is 4.17. The first-order chi connectivity index (χ1) is 7.13. The van der Waals surface area contributed by atoms with Gasteiger partial charge in [0.25, 0.3) is 0 Å². The van der Waals surface area contributed by atoms with Crippen LogP contribution in [0.2, 0.25) is 0 Å². The molecule has 0 aromatic rings. The Labute approximate surface area is 93.8 Å². The van der Waals surface area contributed by atoms with Gasteiger partial charge in [0, 0.05) is 0 Å². The van der Waals surface area contributed by atoms with Gasteiger partial charge in [0.05, 0.1) is 6.10 Å². The highest BCUT2D eigenvalue weighted by atomic mass is 16.6. The minimum atomic E-state index is -2.43. The first-order valence-electron chi connectivity index (χ1n) is 4.98. The molecule has 0 aliphatic rings. The van der Waals surface area contributed by atoms with Crippen LogP contribution in [-0.2, 0) is 14.3 Å². The minimum absolute atomic E-state index is 0.501. The third kappa shape index (κ3) is 2.93. The Bertz CT molecular complexity index is 272. The molecule has 0 radical (unpaired) electrons. The third-order valence-corrected chi connectivity index (χ3v) is 2.20. The van der Waals surface area contributed by atoms with Gasteiger partial charge < -0.3 is 20.1 Å². The number of carboxylic acid groups (broad SMARTS) is 1. The third-order valence-electron chi connectivity index (χ3n) is 2.20. The molecule has 2 unspecified atom stereocenters. The molecular weight excluding hydrogens is 216 g/mol. The summed E-state index contributed by atoms with van der Waals surface area (Å²) in [6.07, 6.45) is -2.71. The maximum Gasteiger partial charge on any atom is 0.342 e. The van der Waals surface area contributed by atoms with Gasteiger partial charge in [-0.25, -0.2) is 9.59 Å². The molecule has 0 aromatic heterocycles. The van der Waals surface area contributed by atoms with E-state index in [1.807, 2.05) is 0 Å². The smallest absolute Gasteiger partial charge is 0.342 e. The number of rotatable bonds is 5. The maximum absolute atomic E-state index is 11.6. The van der Waals surface area contributed by atoms with Crippen molar-refractivity contribution in [1.82, 2.24) is 0 Å². The van der Waals surface area contributed by atoms with Gasteiger partial charge >= 0.3 is 11.9 Å². The van der Waals surface area contributed by atoms with Crippen LogP contribution in [-0.4, -0.2) is 45.1 Å². The number of hydrogen-bond acceptors (Lipinski definition) is 5. The Morgan fingerprint density at radius 1 is 1.19 bits per heavy atom. The molecule has 0 aliphatic heterocycles. The molecule has 0 heterocycles. The predicted molar refractivity (Wildman–Crippen MR) is 54.7 cm³/mol. The monoisotopic (exact) mass is 234 g/mol. The van der Waals surface area contributed by atoms with Crippen molar-refractivity contribution in [3.05, 3.63) is 0 Å². The molecule has 0 saturated carbocycles. The van der Waals surface area contributed by atoms with Gasteiger partial charge in [-0.15, -0.1) is 0 Å². The molecule has 2 atom stereocenters. The molecule has 0 aromatic carbocycles. The molecule has 0 spiro atoms. The Hall–Kier alpha value is -1.14. The van der Waals surface area contributed by atoms with Gasteiger partial charge in [0.1, 0.15) is 0 Å². The summed E-state index contributed by atoms with van der Waals surface area (Å²) in [7, 11) is 0. The fourth-order valence-corrected chi connectivity index (χ4v) is 1.16. The van der Waals surface area contributed by atoms with E-state index in [0.29, 0.717) is 0 Å². The summed E-state index contributed by atoms with van der Waals surface area (Å²) < 4.78 is 4.74. The highest BCUT2D eigenvalue weighted by Crippen LogP contribution is 2.24. The van der Waals surface area contributed by atoms with Crippen molar-refractivity contribution in [2.45, 2.75) is 45.5 Å². The molecule has 3 N–H and O–H groups in total. The van der Waals surface area contributed by atoms with E-state index in [1.165, 1.54) is 13.8 Å². The van der Waals surface area contributed by atoms with Gasteiger partial charge in [-0.1, -0.05) is 13.8 Å². The van der Waals surface area contributed by atoms with E-state index >= 15 is 0 Å². The number of esters is 1. The van der Waals surface area contributed by atoms with Crippen molar-refractivity contribution in [2.75, 3.05) is 0 Å². The molecule has 0 rings (SSSR count). The number of aliphatic hydroxyl groups excluding tert-OH is 1. The van der Waals surface area contributed by atoms with Crippen LogP contribution in [0.25, 0.3) is 0 Å². The number of ether oxygens (including phenoxy) is 1. The summed E-state index contributed by atoms with van der Waals surface area (Å²) in [5, 5.41) is 27.9. The van der Waals surface area contributed by atoms with Crippen molar-refractivity contribution >= 4 is 11.9 Å². The topological polar surface area (TPSA) is 104 Å². The van der Waals surface area contributed by atoms with Gasteiger partial charge in [-0.05, 0) is 19.8 Å². The summed E-state index contributed by atoms with van der Waals surface area (Å²) in [5.41, 5.74) is -2.43. The minimum Gasteiger partial charge on any atom is -0.479 e. The number of carboxylic acids is 1. The van der Waals surface area contributed by atoms with Gasteiger partial charge in [-0.3, -0.25) is 0 Å². The number of aliphatic carboxylic acids is 1. The van der Waals surface area contributed by atoms with Crippen molar-refractivity contribution in [1.29, 1.82) is 0 Å². The van der Waals surface area contributed by atoms with Crippen LogP contribution in [0.1, 0.15) is 27.7 Å². The summed E-state index contributed by atoms with van der Waals surface area (Å²) in [6.45, 7) is 5.97. The van der Waals surface area contributed by atoms with Gasteiger partial charge in [-0.2, -0.15) is 0 Å². The molecule has 0 fully saturated rings. The second-order valence-electron chi connectivity index (χ2n) is 4.17. The number of carbonyl (C=O) groups is 2. The van der Waals surface area contributed by atoms with Crippen LogP contribution in [0.15, 0.2) is 0 Å². The van der Waals surface area contributed by atoms with E-state index in [-0.39, 0.29) is 0 Å². The molecule has 6 heteroatoms. The lowest BCUT2D eigenvalue weighted by atomic mass is 9.85. The molecule has 94 valence electrons. The van der Waals surface area contributed by atoms with Gasteiger partial charge in [0.2, 0.25) is 5.60 Å². The first-order valence-corrected chi connectivity index (χ1v) is 4.98. The number of hydrogen-bond donors (Lipinski definition) is 3. The Balaban J connectivity index is 5.11. The quantitative estimate of drug-likeness (QED) is 0.568. The number of aliphatic hydroxyl groups is 2. The van der Waals surface area contributed by atoms with Crippen LogP contribution >= 0.6 is 0 Å². The summed E-state index contributed by atoms with van der Waals surface area (Å²) in [6, 6.07) is 0. The Morgan fingerprint density at radius 3 is 1.88 bits per heavy atom. The number of carbonyl (C=O) groups excluding carboxylic acids is 1. The highest BCUT2D eigenvalue weighted by molar-refractivity contribution is 5.88. The van der Waals surface area contributed by atoms with E-state index in [2.05, 4.69) is 0 Å². The van der Waals surface area contributed by atoms with Crippen molar-refractivity contribution in [3.8, 4) is 0 Å². The van der Waals surface area contributed by atoms with Crippen LogP contribution in [0.3, 0.4) is 0 Å². The predicted octanol–water partition coefficient (Wildman–Crippen LogP) is -0.229. The summed E-state index contributed by atoms with van der Waals surface area (Å²) >= 11 is 0. The second kappa shape index (κ2) is 5.27. The highest BCUT2D eigenvalue weighted by Gasteiger charge is 2.51. The van der Waals surface area contributed by atoms with E-state index in [0.717, 1.165) is 0 Å². The van der Waals surface area contributed by atoms with E-state index in [4.69, 9.17) is 9.84 Å². The average molecular weight is 234 g/mol. The zero-order valence-corrected chi connectivity index (χ0v) is 9.80. The molecule has 16 heavy (non-hydrogen) atoms. The Morgan fingerprint density at radius 2 is 1.62 bits per heavy atom. The van der Waals surface area contributed by atoms with Crippen LogP contribution in [0.5, 0.6) is 0 Å².